The van der Waals surface area contributed by atoms with Crippen LogP contribution in [-0.4, -0.2) is 46.8 Å². The van der Waals surface area contributed by atoms with Crippen LogP contribution < -0.4 is 5.32 Å². The van der Waals surface area contributed by atoms with E-state index in [1.165, 1.54) is 6.92 Å². The van der Waals surface area contributed by atoms with E-state index in [0.717, 1.165) is 4.90 Å². The number of carboxylic acid groups (broad SMARTS) is 1. The molecule has 8 heteroatoms. The monoisotopic (exact) mass is 296 g/mol. The highest BCUT2D eigenvalue weighted by molar-refractivity contribution is 5.83. The van der Waals surface area contributed by atoms with Crippen molar-refractivity contribution in [3.05, 3.63) is 0 Å². The Balaban J connectivity index is 2.67. The van der Waals surface area contributed by atoms with Crippen molar-refractivity contribution in [2.45, 2.75) is 51.4 Å². The van der Waals surface area contributed by atoms with Crippen molar-refractivity contribution in [2.75, 3.05) is 6.54 Å². The second-order valence-corrected chi connectivity index (χ2v) is 5.27. The number of rotatable bonds is 3. The summed E-state index contributed by atoms with van der Waals surface area (Å²) in [6.07, 6.45) is -4.18. The third-order valence-electron chi connectivity index (χ3n) is 3.35. The summed E-state index contributed by atoms with van der Waals surface area (Å²) in [4.78, 5) is 24.2. The van der Waals surface area contributed by atoms with Crippen LogP contribution in [-0.2, 0) is 4.79 Å². The molecular formula is C12H19F3N2O3. The molecule has 3 atom stereocenters. The second-order valence-electron chi connectivity index (χ2n) is 5.27. The van der Waals surface area contributed by atoms with Crippen LogP contribution in [0.3, 0.4) is 0 Å². The molecule has 0 aromatic rings. The molecule has 0 bridgehead atoms. The van der Waals surface area contributed by atoms with Gasteiger partial charge in [-0.2, -0.15) is 13.2 Å². The van der Waals surface area contributed by atoms with Crippen LogP contribution in [0, 0.1) is 5.92 Å². The zero-order chi connectivity index (χ0) is 15.5. The minimum Gasteiger partial charge on any atom is -0.480 e. The van der Waals surface area contributed by atoms with Gasteiger partial charge in [0.15, 0.2) is 0 Å². The number of hydrogen-bond donors (Lipinski definition) is 2. The van der Waals surface area contributed by atoms with Crippen molar-refractivity contribution in [2.24, 2.45) is 5.92 Å². The molecule has 116 valence electrons. The summed E-state index contributed by atoms with van der Waals surface area (Å²) in [5, 5.41) is 11.4. The van der Waals surface area contributed by atoms with Gasteiger partial charge in [0.2, 0.25) is 0 Å². The standard InChI is InChI=1S/C12H19F3N2O3/c1-7-4-3-5-17(9(7)10(18)19)11(20)16-8(2)6-12(13,14)15/h7-9H,3-6H2,1-2H3,(H,16,20)(H,18,19). The van der Waals surface area contributed by atoms with Gasteiger partial charge in [0.05, 0.1) is 6.42 Å². The second kappa shape index (κ2) is 6.32. The number of carbonyl (C=O) groups is 2. The van der Waals surface area contributed by atoms with E-state index in [4.69, 9.17) is 5.11 Å². The Kier molecular flexibility index (Phi) is 5.24. The minimum atomic E-state index is -4.37. The third-order valence-corrected chi connectivity index (χ3v) is 3.35. The first-order valence-corrected chi connectivity index (χ1v) is 6.48. The number of likely N-dealkylation sites (tertiary alicyclic amines) is 1. The lowest BCUT2D eigenvalue weighted by Crippen LogP contribution is -2.56. The largest absolute Gasteiger partial charge is 0.480 e. The van der Waals surface area contributed by atoms with E-state index < -0.39 is 36.7 Å². The van der Waals surface area contributed by atoms with Gasteiger partial charge in [-0.3, -0.25) is 0 Å². The molecule has 2 amide bonds. The summed E-state index contributed by atoms with van der Waals surface area (Å²) in [7, 11) is 0. The fourth-order valence-electron chi connectivity index (χ4n) is 2.48. The fourth-order valence-corrected chi connectivity index (χ4v) is 2.48. The topological polar surface area (TPSA) is 69.6 Å². The number of urea groups is 1. The lowest BCUT2D eigenvalue weighted by atomic mass is 9.91. The number of alkyl halides is 3. The smallest absolute Gasteiger partial charge is 0.391 e. The average molecular weight is 296 g/mol. The van der Waals surface area contributed by atoms with E-state index in [0.29, 0.717) is 12.8 Å². The number of nitrogens with zero attached hydrogens (tertiary/aromatic N) is 1. The Bertz CT molecular complexity index is 373. The van der Waals surface area contributed by atoms with E-state index in [1.807, 2.05) is 0 Å². The van der Waals surface area contributed by atoms with Crippen LogP contribution in [0.4, 0.5) is 18.0 Å². The van der Waals surface area contributed by atoms with E-state index >= 15 is 0 Å². The summed E-state index contributed by atoms with van der Waals surface area (Å²) < 4.78 is 36.6. The van der Waals surface area contributed by atoms with E-state index in [9.17, 15) is 22.8 Å². The summed E-state index contributed by atoms with van der Waals surface area (Å²) in [5.74, 6) is -1.35. The summed E-state index contributed by atoms with van der Waals surface area (Å²) in [6, 6.07) is -2.82. The molecule has 2 N–H and O–H groups in total. The number of piperidine rings is 1. The first-order valence-electron chi connectivity index (χ1n) is 6.48. The van der Waals surface area contributed by atoms with Gasteiger partial charge in [-0.1, -0.05) is 6.92 Å². The third kappa shape index (κ3) is 4.57. The van der Waals surface area contributed by atoms with Crippen LogP contribution in [0.1, 0.15) is 33.1 Å². The molecule has 0 spiro atoms. The van der Waals surface area contributed by atoms with Crippen molar-refractivity contribution in [3.63, 3.8) is 0 Å². The number of aliphatic carboxylic acids is 1. The Labute approximate surface area is 115 Å². The minimum absolute atomic E-state index is 0.218. The normalized spacial score (nSPS) is 25.1. The van der Waals surface area contributed by atoms with Crippen LogP contribution in [0.25, 0.3) is 0 Å². The zero-order valence-corrected chi connectivity index (χ0v) is 11.4. The van der Waals surface area contributed by atoms with Crippen LogP contribution in [0.15, 0.2) is 0 Å². The molecule has 3 unspecified atom stereocenters. The quantitative estimate of drug-likeness (QED) is 0.839. The van der Waals surface area contributed by atoms with Gasteiger partial charge in [0, 0.05) is 12.6 Å². The molecule has 0 aliphatic carbocycles. The van der Waals surface area contributed by atoms with Gasteiger partial charge in [0.25, 0.3) is 0 Å². The molecular weight excluding hydrogens is 277 g/mol. The number of nitrogens with one attached hydrogen (secondary N) is 1. The van der Waals surface area contributed by atoms with Crippen molar-refractivity contribution in [1.29, 1.82) is 0 Å². The Morgan fingerprint density at radius 2 is 2.05 bits per heavy atom. The molecule has 0 aromatic carbocycles. The van der Waals surface area contributed by atoms with Crippen molar-refractivity contribution >= 4 is 12.0 Å². The van der Waals surface area contributed by atoms with Gasteiger partial charge in [0.1, 0.15) is 6.04 Å². The molecule has 1 aliphatic rings. The maximum absolute atomic E-state index is 12.2. The molecule has 0 radical (unpaired) electrons. The van der Waals surface area contributed by atoms with Gasteiger partial charge in [-0.25, -0.2) is 9.59 Å². The van der Waals surface area contributed by atoms with Gasteiger partial charge >= 0.3 is 18.2 Å². The number of halogens is 3. The van der Waals surface area contributed by atoms with E-state index in [2.05, 4.69) is 5.32 Å². The molecule has 1 aliphatic heterocycles. The Morgan fingerprint density at radius 3 is 2.55 bits per heavy atom. The molecule has 1 rings (SSSR count). The van der Waals surface area contributed by atoms with Gasteiger partial charge in [-0.05, 0) is 25.7 Å². The SMILES string of the molecule is CC(CC(F)(F)F)NC(=O)N1CCCC(C)C1C(=O)O. The molecule has 5 nitrogen and oxygen atoms in total. The molecule has 0 saturated carbocycles. The van der Waals surface area contributed by atoms with Crippen molar-refractivity contribution in [1.82, 2.24) is 10.2 Å². The molecule has 1 saturated heterocycles. The highest BCUT2D eigenvalue weighted by atomic mass is 19.4. The highest BCUT2D eigenvalue weighted by Gasteiger charge is 2.38. The average Bonchev–Trinajstić information content (AvgIpc) is 2.24. The Morgan fingerprint density at radius 1 is 1.45 bits per heavy atom. The van der Waals surface area contributed by atoms with E-state index in [-0.39, 0.29) is 12.5 Å². The summed E-state index contributed by atoms with van der Waals surface area (Å²) in [6.45, 7) is 3.21. The number of hydrogen-bond acceptors (Lipinski definition) is 2. The van der Waals surface area contributed by atoms with Gasteiger partial charge < -0.3 is 15.3 Å². The fraction of sp³-hybridized carbons (Fsp3) is 0.833. The maximum Gasteiger partial charge on any atom is 0.391 e. The van der Waals surface area contributed by atoms with Crippen LogP contribution in [0.5, 0.6) is 0 Å². The lowest BCUT2D eigenvalue weighted by molar-refractivity contribution is -0.146. The van der Waals surface area contributed by atoms with E-state index in [1.54, 1.807) is 6.92 Å². The molecule has 1 heterocycles. The Hall–Kier alpha value is -1.47. The molecule has 20 heavy (non-hydrogen) atoms. The predicted molar refractivity (Wildman–Crippen MR) is 65.2 cm³/mol. The summed E-state index contributed by atoms with van der Waals surface area (Å²) >= 11 is 0. The van der Waals surface area contributed by atoms with Crippen molar-refractivity contribution < 1.29 is 27.9 Å². The summed E-state index contributed by atoms with van der Waals surface area (Å²) in [5.41, 5.74) is 0. The maximum atomic E-state index is 12.2. The van der Waals surface area contributed by atoms with Crippen LogP contribution >= 0.6 is 0 Å². The number of carbonyl (C=O) groups excluding carboxylic acids is 1. The first-order chi connectivity index (χ1) is 9.11. The first kappa shape index (κ1) is 16.6. The number of carboxylic acids is 1. The molecule has 0 aromatic heterocycles. The molecule has 1 fully saturated rings. The lowest BCUT2D eigenvalue weighted by Gasteiger charge is -2.37. The van der Waals surface area contributed by atoms with Crippen molar-refractivity contribution in [3.8, 4) is 0 Å². The predicted octanol–water partition coefficient (Wildman–Crippen LogP) is 2.22. The highest BCUT2D eigenvalue weighted by Crippen LogP contribution is 2.25. The number of amides is 2. The van der Waals surface area contributed by atoms with Crippen LogP contribution in [0.2, 0.25) is 0 Å². The van der Waals surface area contributed by atoms with Gasteiger partial charge in [-0.15, -0.1) is 0 Å². The zero-order valence-electron chi connectivity index (χ0n) is 11.4.